The third kappa shape index (κ3) is 2.57. The third-order valence-corrected chi connectivity index (χ3v) is 3.02. The molecule has 4 heteroatoms. The largest absolute Gasteiger partial charge is 0.494 e. The molecule has 0 aromatic heterocycles. The number of allylic oxidation sites excluding steroid dienone is 2. The summed E-state index contributed by atoms with van der Waals surface area (Å²) in [4.78, 5) is 4.31. The first-order chi connectivity index (χ1) is 8.11. The molecule has 0 aromatic rings. The van der Waals surface area contributed by atoms with E-state index < -0.39 is 0 Å². The Morgan fingerprint density at radius 1 is 1.41 bits per heavy atom. The maximum atomic E-state index is 13.7. The van der Waals surface area contributed by atoms with Crippen LogP contribution in [-0.4, -0.2) is 25.7 Å². The Labute approximate surface area is 101 Å². The lowest BCUT2D eigenvalue weighted by Crippen LogP contribution is -2.34. The van der Waals surface area contributed by atoms with E-state index >= 15 is 0 Å². The van der Waals surface area contributed by atoms with Gasteiger partial charge in [0.05, 0.1) is 13.2 Å². The van der Waals surface area contributed by atoms with Gasteiger partial charge in [0.15, 0.2) is 17.8 Å². The third-order valence-electron chi connectivity index (χ3n) is 3.02. The fourth-order valence-corrected chi connectivity index (χ4v) is 2.23. The van der Waals surface area contributed by atoms with Crippen LogP contribution in [0, 0.1) is 11.8 Å². The SMILES string of the molecule is COC1=CC2CC=NC(OC(C)C)C2C=C1F. The summed E-state index contributed by atoms with van der Waals surface area (Å²) in [5.41, 5.74) is 0. The van der Waals surface area contributed by atoms with Crippen molar-refractivity contribution >= 4 is 6.21 Å². The molecule has 3 unspecified atom stereocenters. The number of hydrogen-bond donors (Lipinski definition) is 0. The van der Waals surface area contributed by atoms with Crippen molar-refractivity contribution in [1.82, 2.24) is 0 Å². The van der Waals surface area contributed by atoms with Crippen molar-refractivity contribution in [3.8, 4) is 0 Å². The van der Waals surface area contributed by atoms with Crippen molar-refractivity contribution in [1.29, 1.82) is 0 Å². The Balaban J connectivity index is 2.19. The molecule has 0 aromatic carbocycles. The first kappa shape index (κ1) is 12.3. The Hall–Kier alpha value is -1.16. The van der Waals surface area contributed by atoms with Gasteiger partial charge >= 0.3 is 0 Å². The molecule has 0 saturated heterocycles. The topological polar surface area (TPSA) is 30.8 Å². The van der Waals surface area contributed by atoms with E-state index in [1.165, 1.54) is 7.11 Å². The van der Waals surface area contributed by atoms with Crippen molar-refractivity contribution in [2.75, 3.05) is 7.11 Å². The zero-order chi connectivity index (χ0) is 12.4. The van der Waals surface area contributed by atoms with E-state index in [0.29, 0.717) is 5.76 Å². The van der Waals surface area contributed by atoms with Crippen molar-refractivity contribution in [3.05, 3.63) is 23.7 Å². The molecule has 2 aliphatic rings. The lowest BCUT2D eigenvalue weighted by atomic mass is 9.82. The van der Waals surface area contributed by atoms with Gasteiger partial charge in [0.2, 0.25) is 0 Å². The van der Waals surface area contributed by atoms with Crippen molar-refractivity contribution in [2.45, 2.75) is 32.6 Å². The first-order valence-electron chi connectivity index (χ1n) is 5.92. The average Bonchev–Trinajstić information content (AvgIpc) is 2.28. The molecule has 94 valence electrons. The van der Waals surface area contributed by atoms with Crippen LogP contribution in [0.3, 0.4) is 0 Å². The molecule has 3 nitrogen and oxygen atoms in total. The fraction of sp³-hybridized carbons (Fsp3) is 0.615. The second-order valence-corrected chi connectivity index (χ2v) is 4.63. The summed E-state index contributed by atoms with van der Waals surface area (Å²) >= 11 is 0. The van der Waals surface area contributed by atoms with E-state index in [0.717, 1.165) is 6.42 Å². The quantitative estimate of drug-likeness (QED) is 0.758. The molecular formula is C13H18FNO2. The Bertz CT molecular complexity index is 374. The number of nitrogens with zero attached hydrogens (tertiary/aromatic N) is 1. The van der Waals surface area contributed by atoms with Gasteiger partial charge in [0, 0.05) is 12.1 Å². The monoisotopic (exact) mass is 239 g/mol. The minimum Gasteiger partial charge on any atom is -0.494 e. The minimum atomic E-state index is -0.316. The van der Waals surface area contributed by atoms with Crippen LogP contribution in [0.4, 0.5) is 4.39 Å². The standard InChI is InChI=1S/C13H18FNO2/c1-8(2)17-13-10-7-11(14)12(16-3)6-9(10)4-5-15-13/h5-10,13H,4H2,1-3H3. The van der Waals surface area contributed by atoms with Gasteiger partial charge in [-0.2, -0.15) is 0 Å². The first-order valence-corrected chi connectivity index (χ1v) is 5.92. The van der Waals surface area contributed by atoms with Gasteiger partial charge < -0.3 is 9.47 Å². The molecule has 1 aliphatic carbocycles. The molecule has 0 spiro atoms. The van der Waals surface area contributed by atoms with Crippen LogP contribution in [0.2, 0.25) is 0 Å². The van der Waals surface area contributed by atoms with Gasteiger partial charge in [-0.3, -0.25) is 4.99 Å². The Morgan fingerprint density at radius 2 is 2.18 bits per heavy atom. The van der Waals surface area contributed by atoms with Crippen LogP contribution in [0.5, 0.6) is 0 Å². The van der Waals surface area contributed by atoms with Crippen LogP contribution in [0.1, 0.15) is 20.3 Å². The lowest BCUT2D eigenvalue weighted by Gasteiger charge is -2.33. The predicted molar refractivity (Wildman–Crippen MR) is 64.4 cm³/mol. The minimum absolute atomic E-state index is 0.0266. The highest BCUT2D eigenvalue weighted by Gasteiger charge is 2.34. The fourth-order valence-electron chi connectivity index (χ4n) is 2.23. The van der Waals surface area contributed by atoms with Crippen LogP contribution in [0.25, 0.3) is 0 Å². The molecule has 2 rings (SSSR count). The molecule has 3 atom stereocenters. The van der Waals surface area contributed by atoms with Crippen molar-refractivity contribution in [2.24, 2.45) is 16.8 Å². The molecular weight excluding hydrogens is 221 g/mol. The highest BCUT2D eigenvalue weighted by molar-refractivity contribution is 5.60. The summed E-state index contributed by atoms with van der Waals surface area (Å²) in [6.45, 7) is 3.91. The number of ether oxygens (including phenoxy) is 2. The smallest absolute Gasteiger partial charge is 0.161 e. The van der Waals surface area contributed by atoms with E-state index in [1.807, 2.05) is 26.1 Å². The van der Waals surface area contributed by atoms with Crippen molar-refractivity contribution < 1.29 is 13.9 Å². The van der Waals surface area contributed by atoms with Gasteiger partial charge in [0.25, 0.3) is 0 Å². The molecule has 0 amide bonds. The van der Waals surface area contributed by atoms with E-state index in [-0.39, 0.29) is 30.0 Å². The Morgan fingerprint density at radius 3 is 2.82 bits per heavy atom. The van der Waals surface area contributed by atoms with Crippen LogP contribution in [-0.2, 0) is 9.47 Å². The van der Waals surface area contributed by atoms with Gasteiger partial charge in [0.1, 0.15) is 0 Å². The number of aliphatic imine (C=N–C) groups is 1. The van der Waals surface area contributed by atoms with Gasteiger partial charge in [-0.25, -0.2) is 4.39 Å². The van der Waals surface area contributed by atoms with E-state index in [9.17, 15) is 4.39 Å². The number of hydrogen-bond acceptors (Lipinski definition) is 3. The average molecular weight is 239 g/mol. The maximum absolute atomic E-state index is 13.7. The maximum Gasteiger partial charge on any atom is 0.161 e. The zero-order valence-electron chi connectivity index (χ0n) is 10.4. The van der Waals surface area contributed by atoms with Gasteiger partial charge in [-0.1, -0.05) is 0 Å². The van der Waals surface area contributed by atoms with Gasteiger partial charge in [-0.05, 0) is 38.3 Å². The van der Waals surface area contributed by atoms with Crippen LogP contribution >= 0.6 is 0 Å². The summed E-state index contributed by atoms with van der Waals surface area (Å²) in [6, 6.07) is 0. The molecule has 0 bridgehead atoms. The summed E-state index contributed by atoms with van der Waals surface area (Å²) in [6.07, 6.45) is 5.87. The number of halogens is 1. The lowest BCUT2D eigenvalue weighted by molar-refractivity contribution is -0.0227. The normalized spacial score (nSPS) is 31.9. The summed E-state index contributed by atoms with van der Waals surface area (Å²) in [5.74, 6) is 0.194. The summed E-state index contributed by atoms with van der Waals surface area (Å²) in [7, 11) is 1.48. The van der Waals surface area contributed by atoms with E-state index in [2.05, 4.69) is 4.99 Å². The second-order valence-electron chi connectivity index (χ2n) is 4.63. The molecule has 0 saturated carbocycles. The molecule has 0 fully saturated rings. The van der Waals surface area contributed by atoms with Crippen LogP contribution < -0.4 is 0 Å². The van der Waals surface area contributed by atoms with E-state index in [4.69, 9.17) is 9.47 Å². The highest BCUT2D eigenvalue weighted by atomic mass is 19.1. The highest BCUT2D eigenvalue weighted by Crippen LogP contribution is 2.36. The van der Waals surface area contributed by atoms with E-state index in [1.54, 1.807) is 6.08 Å². The molecule has 1 aliphatic heterocycles. The Kier molecular flexibility index (Phi) is 3.62. The molecule has 0 radical (unpaired) electrons. The summed E-state index contributed by atoms with van der Waals surface area (Å²) in [5, 5.41) is 0. The zero-order valence-corrected chi connectivity index (χ0v) is 10.4. The second kappa shape index (κ2) is 5.00. The number of fused-ring (bicyclic) bond motifs is 1. The summed E-state index contributed by atoms with van der Waals surface area (Å²) < 4.78 is 24.4. The molecule has 17 heavy (non-hydrogen) atoms. The predicted octanol–water partition coefficient (Wildman–Crippen LogP) is 2.84. The molecule has 1 heterocycles. The number of methoxy groups -OCH3 is 1. The van der Waals surface area contributed by atoms with Crippen molar-refractivity contribution in [3.63, 3.8) is 0 Å². The number of rotatable bonds is 3. The molecule has 0 N–H and O–H groups in total. The van der Waals surface area contributed by atoms with Gasteiger partial charge in [-0.15, -0.1) is 0 Å². The van der Waals surface area contributed by atoms with Crippen LogP contribution in [0.15, 0.2) is 28.7 Å².